The van der Waals surface area contributed by atoms with E-state index in [2.05, 4.69) is 4.98 Å². The first-order valence-electron chi connectivity index (χ1n) is 4.23. The van der Waals surface area contributed by atoms with Crippen molar-refractivity contribution in [3.05, 3.63) is 28.4 Å². The summed E-state index contributed by atoms with van der Waals surface area (Å²) in [5.74, 6) is -1.82. The Kier molecular flexibility index (Phi) is 3.72. The van der Waals surface area contributed by atoms with Crippen LogP contribution in [0.25, 0.3) is 0 Å². The van der Waals surface area contributed by atoms with E-state index in [-0.39, 0.29) is 12.4 Å². The van der Waals surface area contributed by atoms with E-state index in [1.807, 2.05) is 0 Å². The minimum absolute atomic E-state index is 0.107. The van der Waals surface area contributed by atoms with Gasteiger partial charge in [0.2, 0.25) is 5.75 Å². The quantitative estimate of drug-likeness (QED) is 0.525. The second kappa shape index (κ2) is 5.03. The van der Waals surface area contributed by atoms with Gasteiger partial charge in [-0.3, -0.25) is 4.79 Å². The van der Waals surface area contributed by atoms with Crippen LogP contribution in [0, 0.1) is 10.1 Å². The van der Waals surface area contributed by atoms with Crippen LogP contribution in [0.4, 0.5) is 5.82 Å². The zero-order valence-electron chi connectivity index (χ0n) is 8.07. The maximum Gasteiger partial charge on any atom is 0.406 e. The highest BCUT2D eigenvalue weighted by molar-refractivity contribution is 5.73. The van der Waals surface area contributed by atoms with E-state index in [0.717, 1.165) is 0 Å². The van der Waals surface area contributed by atoms with Crippen LogP contribution < -0.4 is 10.5 Å². The van der Waals surface area contributed by atoms with E-state index >= 15 is 0 Å². The molecule has 0 aromatic carbocycles. The Morgan fingerprint density at radius 1 is 1.75 bits per heavy atom. The summed E-state index contributed by atoms with van der Waals surface area (Å²) in [6, 6.07) is 1.52. The van der Waals surface area contributed by atoms with Crippen molar-refractivity contribution in [1.82, 2.24) is 4.98 Å². The molecule has 1 unspecified atom stereocenters. The molecule has 0 aliphatic carbocycles. The minimum Gasteiger partial charge on any atom is -0.483 e. The molecule has 0 fully saturated rings. The van der Waals surface area contributed by atoms with Gasteiger partial charge in [-0.1, -0.05) is 0 Å². The first-order valence-corrected chi connectivity index (χ1v) is 4.23. The number of pyridine rings is 1. The number of hydrogen-bond donors (Lipinski definition) is 2. The maximum absolute atomic E-state index is 10.5. The SMILES string of the molecule is NC(COc1cccnc1[N+](=O)[O-])C(=O)O. The van der Waals surface area contributed by atoms with Gasteiger partial charge in [-0.05, 0) is 22.0 Å². The molecular formula is C8H9N3O5. The van der Waals surface area contributed by atoms with Crippen molar-refractivity contribution >= 4 is 11.8 Å². The summed E-state index contributed by atoms with van der Waals surface area (Å²) < 4.78 is 4.91. The van der Waals surface area contributed by atoms with Crippen LogP contribution in [0.2, 0.25) is 0 Å². The third-order valence-electron chi connectivity index (χ3n) is 1.66. The number of carboxylic acid groups (broad SMARTS) is 1. The van der Waals surface area contributed by atoms with Gasteiger partial charge in [0.1, 0.15) is 18.8 Å². The van der Waals surface area contributed by atoms with E-state index in [0.29, 0.717) is 0 Å². The average molecular weight is 227 g/mol. The normalized spacial score (nSPS) is 11.8. The summed E-state index contributed by atoms with van der Waals surface area (Å²) in [5, 5.41) is 19.0. The standard InChI is InChI=1S/C8H9N3O5/c9-5(8(12)13)4-16-6-2-1-3-10-7(6)11(14)15/h1-3,5H,4,9H2,(H,12,13). The lowest BCUT2D eigenvalue weighted by Crippen LogP contribution is -2.36. The van der Waals surface area contributed by atoms with Crippen LogP contribution >= 0.6 is 0 Å². The Bertz CT molecular complexity index is 408. The predicted octanol–water partition coefficient (Wildman–Crippen LogP) is -0.220. The molecule has 0 spiro atoms. The lowest BCUT2D eigenvalue weighted by molar-refractivity contribution is -0.390. The van der Waals surface area contributed by atoms with Crippen molar-refractivity contribution in [1.29, 1.82) is 0 Å². The Balaban J connectivity index is 2.74. The molecule has 0 amide bonds. The third kappa shape index (κ3) is 2.89. The summed E-state index contributed by atoms with van der Waals surface area (Å²) in [6.45, 7) is -0.359. The van der Waals surface area contributed by atoms with E-state index < -0.39 is 22.8 Å². The molecule has 0 saturated heterocycles. The van der Waals surface area contributed by atoms with Gasteiger partial charge < -0.3 is 25.7 Å². The fraction of sp³-hybridized carbons (Fsp3) is 0.250. The van der Waals surface area contributed by atoms with Crippen LogP contribution in [0.3, 0.4) is 0 Å². The van der Waals surface area contributed by atoms with Crippen molar-refractivity contribution in [3.8, 4) is 5.75 Å². The van der Waals surface area contributed by atoms with Crippen LogP contribution in [-0.4, -0.2) is 33.6 Å². The number of nitrogens with two attached hydrogens (primary N) is 1. The van der Waals surface area contributed by atoms with Gasteiger partial charge in [0, 0.05) is 0 Å². The lowest BCUT2D eigenvalue weighted by Gasteiger charge is -2.08. The van der Waals surface area contributed by atoms with Gasteiger partial charge in [0.15, 0.2) is 0 Å². The molecule has 0 aliphatic heterocycles. The minimum atomic E-state index is -1.24. The van der Waals surface area contributed by atoms with Crippen molar-refractivity contribution < 1.29 is 19.6 Å². The van der Waals surface area contributed by atoms with Crippen molar-refractivity contribution in [2.75, 3.05) is 6.61 Å². The van der Waals surface area contributed by atoms with Gasteiger partial charge in [0.05, 0.1) is 0 Å². The van der Waals surface area contributed by atoms with E-state index in [4.69, 9.17) is 15.6 Å². The van der Waals surface area contributed by atoms with Crippen LogP contribution in [0.15, 0.2) is 18.3 Å². The molecular weight excluding hydrogens is 218 g/mol. The molecule has 8 nitrogen and oxygen atoms in total. The summed E-state index contributed by atoms with van der Waals surface area (Å²) in [4.78, 5) is 23.7. The molecule has 3 N–H and O–H groups in total. The van der Waals surface area contributed by atoms with Crippen LogP contribution in [0.5, 0.6) is 5.75 Å². The number of nitrogens with zero attached hydrogens (tertiary/aromatic N) is 2. The monoisotopic (exact) mass is 227 g/mol. The fourth-order valence-corrected chi connectivity index (χ4v) is 0.883. The highest BCUT2D eigenvalue weighted by atomic mass is 16.6. The number of ether oxygens (including phenoxy) is 1. The molecule has 8 heteroatoms. The second-order valence-electron chi connectivity index (χ2n) is 2.84. The van der Waals surface area contributed by atoms with Gasteiger partial charge in [0.25, 0.3) is 0 Å². The number of nitro groups is 1. The van der Waals surface area contributed by atoms with Crippen LogP contribution in [0.1, 0.15) is 0 Å². The number of hydrogen-bond acceptors (Lipinski definition) is 6. The third-order valence-corrected chi connectivity index (χ3v) is 1.66. The zero-order chi connectivity index (χ0) is 12.1. The molecule has 16 heavy (non-hydrogen) atoms. The fourth-order valence-electron chi connectivity index (χ4n) is 0.883. The summed E-state index contributed by atoms with van der Waals surface area (Å²) in [5.41, 5.74) is 5.18. The molecule has 0 saturated carbocycles. The van der Waals surface area contributed by atoms with Crippen molar-refractivity contribution in [2.45, 2.75) is 6.04 Å². The molecule has 0 radical (unpaired) electrons. The van der Waals surface area contributed by atoms with Crippen molar-refractivity contribution in [3.63, 3.8) is 0 Å². The van der Waals surface area contributed by atoms with Gasteiger partial charge in [-0.15, -0.1) is 0 Å². The molecule has 1 aromatic heterocycles. The average Bonchev–Trinajstić information content (AvgIpc) is 2.25. The van der Waals surface area contributed by atoms with Crippen LogP contribution in [-0.2, 0) is 4.79 Å². The Morgan fingerprint density at radius 2 is 2.44 bits per heavy atom. The van der Waals surface area contributed by atoms with E-state index in [1.165, 1.54) is 18.3 Å². The predicted molar refractivity (Wildman–Crippen MR) is 52.0 cm³/mol. The highest BCUT2D eigenvalue weighted by Crippen LogP contribution is 2.22. The summed E-state index contributed by atoms with van der Waals surface area (Å²) >= 11 is 0. The Morgan fingerprint density at radius 3 is 3.00 bits per heavy atom. The molecule has 0 aliphatic rings. The molecule has 1 rings (SSSR count). The summed E-state index contributed by atoms with van der Waals surface area (Å²) in [6.07, 6.45) is 1.24. The maximum atomic E-state index is 10.5. The van der Waals surface area contributed by atoms with Crippen molar-refractivity contribution in [2.24, 2.45) is 5.73 Å². The first kappa shape index (κ1) is 11.9. The Hall–Kier alpha value is -2.22. The Labute approximate surface area is 89.8 Å². The van der Waals surface area contributed by atoms with Gasteiger partial charge >= 0.3 is 11.8 Å². The zero-order valence-corrected chi connectivity index (χ0v) is 8.07. The molecule has 0 bridgehead atoms. The van der Waals surface area contributed by atoms with E-state index in [1.54, 1.807) is 0 Å². The number of rotatable bonds is 5. The topological polar surface area (TPSA) is 129 Å². The smallest absolute Gasteiger partial charge is 0.406 e. The molecule has 1 heterocycles. The second-order valence-corrected chi connectivity index (χ2v) is 2.84. The number of aromatic nitrogens is 1. The number of carboxylic acids is 1. The highest BCUT2D eigenvalue weighted by Gasteiger charge is 2.18. The number of carbonyl (C=O) groups is 1. The molecule has 1 aromatic rings. The molecule has 1 atom stereocenters. The summed E-state index contributed by atoms with van der Waals surface area (Å²) in [7, 11) is 0. The lowest BCUT2D eigenvalue weighted by atomic mass is 10.3. The number of aliphatic carboxylic acids is 1. The van der Waals surface area contributed by atoms with Gasteiger partial charge in [-0.2, -0.15) is 0 Å². The van der Waals surface area contributed by atoms with Gasteiger partial charge in [-0.25, -0.2) is 0 Å². The first-order chi connectivity index (χ1) is 7.52. The largest absolute Gasteiger partial charge is 0.483 e. The molecule has 86 valence electrons. The van der Waals surface area contributed by atoms with E-state index in [9.17, 15) is 14.9 Å².